The molecule has 0 unspecified atom stereocenters. The minimum Gasteiger partial charge on any atom is -0.495 e. The molecule has 1 N–H and O–H groups in total. The Kier molecular flexibility index (Phi) is 6.91. The fraction of sp³-hybridized carbons (Fsp3) is 0.250. The quantitative estimate of drug-likeness (QED) is 0.611. The summed E-state index contributed by atoms with van der Waals surface area (Å²) in [6.45, 7) is 4.26. The van der Waals surface area contributed by atoms with E-state index in [1.807, 2.05) is 24.3 Å². The zero-order valence-corrected chi connectivity index (χ0v) is 16.0. The van der Waals surface area contributed by atoms with Crippen molar-refractivity contribution < 1.29 is 9.53 Å². The molecule has 25 heavy (non-hydrogen) atoms. The summed E-state index contributed by atoms with van der Waals surface area (Å²) in [5.74, 6) is 0.622. The summed E-state index contributed by atoms with van der Waals surface area (Å²) in [6, 6.07) is 11.1. The number of ether oxygens (including phenoxy) is 1. The first-order valence-electron chi connectivity index (χ1n) is 8.07. The number of anilines is 1. The lowest BCUT2D eigenvalue weighted by Gasteiger charge is -2.14. The zero-order chi connectivity index (χ0) is 18.4. The van der Waals surface area contributed by atoms with Gasteiger partial charge in [-0.25, -0.2) is 0 Å². The van der Waals surface area contributed by atoms with Gasteiger partial charge in [-0.15, -0.1) is 0 Å². The Morgan fingerprint density at radius 1 is 1.28 bits per heavy atom. The van der Waals surface area contributed by atoms with Gasteiger partial charge < -0.3 is 10.1 Å². The molecule has 2 rings (SSSR count). The second-order valence-corrected chi connectivity index (χ2v) is 6.57. The number of methoxy groups -OCH3 is 1. The van der Waals surface area contributed by atoms with Gasteiger partial charge in [0.2, 0.25) is 5.91 Å². The monoisotopic (exact) mass is 377 g/mol. The molecule has 1 amide bonds. The number of nitrogens with one attached hydrogen (secondary N) is 1. The molecule has 0 heterocycles. The van der Waals surface area contributed by atoms with Crippen molar-refractivity contribution in [2.24, 2.45) is 0 Å². The number of carbonyl (C=O) groups is 1. The van der Waals surface area contributed by atoms with Crippen LogP contribution in [0.15, 0.2) is 42.5 Å². The van der Waals surface area contributed by atoms with Gasteiger partial charge in [-0.2, -0.15) is 0 Å². The Bertz CT molecular complexity index is 787. The number of hydrogen-bond acceptors (Lipinski definition) is 2. The molecule has 2 aromatic carbocycles. The van der Waals surface area contributed by atoms with Gasteiger partial charge in [0.15, 0.2) is 0 Å². The van der Waals surface area contributed by atoms with Crippen molar-refractivity contribution in [2.75, 3.05) is 12.4 Å². The van der Waals surface area contributed by atoms with Crippen molar-refractivity contribution >= 4 is 40.9 Å². The lowest BCUT2D eigenvalue weighted by Crippen LogP contribution is -2.10. The number of rotatable bonds is 6. The summed E-state index contributed by atoms with van der Waals surface area (Å²) >= 11 is 12.1. The maximum Gasteiger partial charge on any atom is 0.248 e. The maximum absolute atomic E-state index is 12.3. The highest BCUT2D eigenvalue weighted by Crippen LogP contribution is 2.33. The molecule has 0 aromatic heterocycles. The van der Waals surface area contributed by atoms with Crippen molar-refractivity contribution in [2.45, 2.75) is 26.2 Å². The number of amides is 1. The smallest absolute Gasteiger partial charge is 0.248 e. The predicted molar refractivity (Wildman–Crippen MR) is 106 cm³/mol. The normalized spacial score (nSPS) is 12.2. The lowest BCUT2D eigenvalue weighted by molar-refractivity contribution is -0.111. The number of hydrogen-bond donors (Lipinski definition) is 1. The molecular weight excluding hydrogens is 357 g/mol. The first-order valence-corrected chi connectivity index (χ1v) is 8.82. The highest BCUT2D eigenvalue weighted by atomic mass is 35.5. The van der Waals surface area contributed by atoms with Crippen LogP contribution in [0.1, 0.15) is 37.3 Å². The molecule has 0 aliphatic carbocycles. The summed E-state index contributed by atoms with van der Waals surface area (Å²) in [5, 5.41) is 3.81. The molecule has 3 nitrogen and oxygen atoms in total. The highest BCUT2D eigenvalue weighted by molar-refractivity contribution is 6.36. The maximum atomic E-state index is 12.3. The minimum absolute atomic E-state index is 0.228. The van der Waals surface area contributed by atoms with Gasteiger partial charge in [0.1, 0.15) is 5.75 Å². The van der Waals surface area contributed by atoms with Crippen LogP contribution in [0.4, 0.5) is 5.69 Å². The van der Waals surface area contributed by atoms with E-state index in [4.69, 9.17) is 27.9 Å². The van der Waals surface area contributed by atoms with Gasteiger partial charge in [-0.3, -0.25) is 4.79 Å². The third-order valence-corrected chi connectivity index (χ3v) is 4.52. The molecule has 0 fully saturated rings. The summed E-state index contributed by atoms with van der Waals surface area (Å²) in [4.78, 5) is 12.3. The largest absolute Gasteiger partial charge is 0.495 e. The molecule has 5 heteroatoms. The van der Waals surface area contributed by atoms with E-state index >= 15 is 0 Å². The number of halogens is 2. The topological polar surface area (TPSA) is 38.3 Å². The fourth-order valence-electron chi connectivity index (χ4n) is 2.52. The van der Waals surface area contributed by atoms with E-state index in [1.54, 1.807) is 18.2 Å². The standard InChI is InChI=1S/C20H21Cl2NO2/c1-4-13(2)16-7-5-6-8-18(16)23-19(24)10-9-14-11-15(21)12-17(22)20(14)25-3/h5-13H,4H2,1-3H3,(H,23,24)/b10-9+/t13-/m1/s1. The molecule has 0 aliphatic heterocycles. The number of carbonyl (C=O) groups excluding carboxylic acids is 1. The highest BCUT2D eigenvalue weighted by Gasteiger charge is 2.11. The number of para-hydroxylation sites is 1. The third-order valence-electron chi connectivity index (χ3n) is 4.02. The Morgan fingerprint density at radius 2 is 2.00 bits per heavy atom. The average molecular weight is 378 g/mol. The first-order chi connectivity index (χ1) is 12.0. The van der Waals surface area contributed by atoms with E-state index < -0.39 is 0 Å². The van der Waals surface area contributed by atoms with E-state index in [1.165, 1.54) is 13.2 Å². The molecule has 0 saturated carbocycles. The van der Waals surface area contributed by atoms with Crippen LogP contribution in [0.25, 0.3) is 6.08 Å². The van der Waals surface area contributed by atoms with Crippen molar-refractivity contribution in [3.8, 4) is 5.75 Å². The van der Waals surface area contributed by atoms with Crippen molar-refractivity contribution in [1.82, 2.24) is 0 Å². The van der Waals surface area contributed by atoms with Crippen LogP contribution < -0.4 is 10.1 Å². The van der Waals surface area contributed by atoms with Gasteiger partial charge in [0.25, 0.3) is 0 Å². The molecule has 0 aliphatic rings. The minimum atomic E-state index is -0.228. The lowest BCUT2D eigenvalue weighted by atomic mass is 9.97. The van der Waals surface area contributed by atoms with Crippen LogP contribution in [0.2, 0.25) is 10.0 Å². The van der Waals surface area contributed by atoms with E-state index in [0.29, 0.717) is 27.3 Å². The summed E-state index contributed by atoms with van der Waals surface area (Å²) in [5.41, 5.74) is 2.59. The molecule has 2 aromatic rings. The van der Waals surface area contributed by atoms with E-state index in [0.717, 1.165) is 17.7 Å². The molecule has 0 saturated heterocycles. The summed E-state index contributed by atoms with van der Waals surface area (Å²) in [7, 11) is 1.52. The van der Waals surface area contributed by atoms with Crippen LogP contribution in [0, 0.1) is 0 Å². The van der Waals surface area contributed by atoms with Crippen LogP contribution >= 0.6 is 23.2 Å². The van der Waals surface area contributed by atoms with Crippen LogP contribution in [-0.2, 0) is 4.79 Å². The van der Waals surface area contributed by atoms with Gasteiger partial charge >= 0.3 is 0 Å². The Labute approximate surface area is 158 Å². The fourth-order valence-corrected chi connectivity index (χ4v) is 3.11. The molecule has 0 spiro atoms. The van der Waals surface area contributed by atoms with Crippen LogP contribution in [0.3, 0.4) is 0 Å². The zero-order valence-electron chi connectivity index (χ0n) is 14.5. The molecular formula is C20H21Cl2NO2. The van der Waals surface area contributed by atoms with Crippen molar-refractivity contribution in [1.29, 1.82) is 0 Å². The van der Waals surface area contributed by atoms with Crippen LogP contribution in [-0.4, -0.2) is 13.0 Å². The van der Waals surface area contributed by atoms with Crippen LogP contribution in [0.5, 0.6) is 5.75 Å². The third kappa shape index (κ3) is 5.00. The molecule has 0 bridgehead atoms. The van der Waals surface area contributed by atoms with Gasteiger partial charge in [0.05, 0.1) is 12.1 Å². The second-order valence-electron chi connectivity index (χ2n) is 5.73. The SMILES string of the molecule is CC[C@@H](C)c1ccccc1NC(=O)/C=C/c1cc(Cl)cc(Cl)c1OC. The van der Waals surface area contributed by atoms with Crippen molar-refractivity contribution in [3.63, 3.8) is 0 Å². The number of benzene rings is 2. The van der Waals surface area contributed by atoms with Crippen molar-refractivity contribution in [3.05, 3.63) is 63.6 Å². The molecule has 132 valence electrons. The second kappa shape index (κ2) is 8.93. The van der Waals surface area contributed by atoms with E-state index in [9.17, 15) is 4.79 Å². The summed E-state index contributed by atoms with van der Waals surface area (Å²) < 4.78 is 5.27. The van der Waals surface area contributed by atoms with E-state index in [-0.39, 0.29) is 5.91 Å². The molecule has 1 atom stereocenters. The summed E-state index contributed by atoms with van der Waals surface area (Å²) in [6.07, 6.45) is 4.08. The molecule has 0 radical (unpaired) electrons. The van der Waals surface area contributed by atoms with Gasteiger partial charge in [-0.05, 0) is 42.2 Å². The van der Waals surface area contributed by atoms with Gasteiger partial charge in [0, 0.05) is 22.3 Å². The predicted octanol–water partition coefficient (Wildman–Crippen LogP) is 6.17. The Morgan fingerprint density at radius 3 is 2.68 bits per heavy atom. The first kappa shape index (κ1) is 19.4. The Hall–Kier alpha value is -1.97. The average Bonchev–Trinajstić information content (AvgIpc) is 2.59. The Balaban J connectivity index is 2.20. The van der Waals surface area contributed by atoms with Gasteiger partial charge in [-0.1, -0.05) is 55.2 Å². The van der Waals surface area contributed by atoms with E-state index in [2.05, 4.69) is 19.2 Å².